The van der Waals surface area contributed by atoms with Gasteiger partial charge in [-0.3, -0.25) is 0 Å². The van der Waals surface area contributed by atoms with Crippen LogP contribution in [0.3, 0.4) is 0 Å². The Kier molecular flexibility index (Phi) is 5.18. The molecular formula is C14H12Br2N2O2S. The average molecular weight is 432 g/mol. The van der Waals surface area contributed by atoms with Crippen molar-refractivity contribution in [3.63, 3.8) is 0 Å². The predicted octanol–water partition coefficient (Wildman–Crippen LogP) is 3.83. The van der Waals surface area contributed by atoms with Crippen LogP contribution < -0.4 is 4.83 Å². The number of hydrazone groups is 1. The van der Waals surface area contributed by atoms with Crippen molar-refractivity contribution in [2.45, 2.75) is 11.8 Å². The van der Waals surface area contributed by atoms with Crippen LogP contribution in [0.5, 0.6) is 0 Å². The molecule has 0 aromatic heterocycles. The first kappa shape index (κ1) is 16.2. The molecule has 0 aliphatic rings. The zero-order valence-corrected chi connectivity index (χ0v) is 15.0. The summed E-state index contributed by atoms with van der Waals surface area (Å²) < 4.78 is 25.8. The number of aryl methyl sites for hydroxylation is 1. The topological polar surface area (TPSA) is 58.5 Å². The highest BCUT2D eigenvalue weighted by Crippen LogP contribution is 2.19. The fourth-order valence-electron chi connectivity index (χ4n) is 1.59. The Hall–Kier alpha value is -1.18. The van der Waals surface area contributed by atoms with E-state index >= 15 is 0 Å². The minimum absolute atomic E-state index is 0.181. The molecule has 0 aliphatic heterocycles. The lowest BCUT2D eigenvalue weighted by atomic mass is 10.2. The van der Waals surface area contributed by atoms with Gasteiger partial charge in [-0.2, -0.15) is 13.5 Å². The molecule has 0 spiro atoms. The monoisotopic (exact) mass is 430 g/mol. The van der Waals surface area contributed by atoms with Gasteiger partial charge in [-0.05, 0) is 42.8 Å². The number of halogens is 2. The molecule has 2 aromatic rings. The summed E-state index contributed by atoms with van der Waals surface area (Å²) in [5, 5.41) is 3.79. The second-order valence-corrected chi connectivity index (χ2v) is 7.86. The van der Waals surface area contributed by atoms with E-state index in [2.05, 4.69) is 41.8 Å². The number of nitrogens with one attached hydrogen (secondary N) is 1. The Morgan fingerprint density at radius 3 is 2.19 bits per heavy atom. The van der Waals surface area contributed by atoms with E-state index in [1.807, 2.05) is 25.1 Å². The summed E-state index contributed by atoms with van der Waals surface area (Å²) in [7, 11) is -3.64. The minimum atomic E-state index is -3.64. The van der Waals surface area contributed by atoms with Gasteiger partial charge < -0.3 is 0 Å². The van der Waals surface area contributed by atoms with Gasteiger partial charge in [0.1, 0.15) is 0 Å². The summed E-state index contributed by atoms with van der Waals surface area (Å²) in [6, 6.07) is 12.1. The van der Waals surface area contributed by atoms with Gasteiger partial charge in [0.2, 0.25) is 0 Å². The Morgan fingerprint density at radius 2 is 1.62 bits per heavy atom. The fraction of sp³-hybridized carbons (Fsp3) is 0.0714. The summed E-state index contributed by atoms with van der Waals surface area (Å²) in [4.78, 5) is 2.37. The SMILES string of the molecule is Cc1ccc(S(=O)(=O)NN=Cc2cc(Br)cc(Br)c2)cc1. The first-order valence-corrected chi connectivity index (χ1v) is 9.01. The molecule has 0 amide bonds. The van der Waals surface area contributed by atoms with Gasteiger partial charge in [-0.25, -0.2) is 4.83 Å². The van der Waals surface area contributed by atoms with Crippen molar-refractivity contribution in [1.82, 2.24) is 4.83 Å². The maximum absolute atomic E-state index is 12.0. The van der Waals surface area contributed by atoms with Gasteiger partial charge in [0.25, 0.3) is 10.0 Å². The van der Waals surface area contributed by atoms with Gasteiger partial charge >= 0.3 is 0 Å². The molecule has 1 N–H and O–H groups in total. The first-order valence-electron chi connectivity index (χ1n) is 5.94. The molecule has 2 aromatic carbocycles. The van der Waals surface area contributed by atoms with Crippen LogP contribution in [0.25, 0.3) is 0 Å². The fourth-order valence-corrected chi connectivity index (χ4v) is 3.71. The average Bonchev–Trinajstić information content (AvgIpc) is 2.37. The number of nitrogens with zero attached hydrogens (tertiary/aromatic N) is 1. The second-order valence-electron chi connectivity index (χ2n) is 4.37. The van der Waals surface area contributed by atoms with Crippen molar-refractivity contribution in [1.29, 1.82) is 0 Å². The normalized spacial score (nSPS) is 11.8. The maximum Gasteiger partial charge on any atom is 0.276 e. The van der Waals surface area contributed by atoms with E-state index in [-0.39, 0.29) is 4.90 Å². The molecule has 0 radical (unpaired) electrons. The first-order chi connectivity index (χ1) is 9.87. The number of hydrogen-bond donors (Lipinski definition) is 1. The van der Waals surface area contributed by atoms with E-state index < -0.39 is 10.0 Å². The van der Waals surface area contributed by atoms with Crippen LogP contribution in [0.4, 0.5) is 0 Å². The number of benzene rings is 2. The molecule has 7 heteroatoms. The molecular weight excluding hydrogens is 420 g/mol. The van der Waals surface area contributed by atoms with Crippen LogP contribution in [0.15, 0.2) is 61.4 Å². The Morgan fingerprint density at radius 1 is 1.05 bits per heavy atom. The van der Waals surface area contributed by atoms with Crippen LogP contribution in [-0.4, -0.2) is 14.6 Å². The van der Waals surface area contributed by atoms with Crippen LogP contribution in [0, 0.1) is 6.92 Å². The Labute approximate surface area is 140 Å². The van der Waals surface area contributed by atoms with Crippen LogP contribution in [0.1, 0.15) is 11.1 Å². The van der Waals surface area contributed by atoms with Gasteiger partial charge in [-0.15, -0.1) is 0 Å². The summed E-state index contributed by atoms with van der Waals surface area (Å²) in [5.41, 5.74) is 1.76. The molecule has 2 rings (SSSR count). The lowest BCUT2D eigenvalue weighted by Crippen LogP contribution is -2.18. The van der Waals surface area contributed by atoms with Crippen molar-refractivity contribution in [3.8, 4) is 0 Å². The lowest BCUT2D eigenvalue weighted by molar-refractivity contribution is 0.584. The molecule has 0 saturated heterocycles. The van der Waals surface area contributed by atoms with E-state index in [4.69, 9.17) is 0 Å². The molecule has 0 saturated carbocycles. The largest absolute Gasteiger partial charge is 0.276 e. The number of sulfonamides is 1. The predicted molar refractivity (Wildman–Crippen MR) is 90.9 cm³/mol. The molecule has 0 atom stereocenters. The molecule has 0 aliphatic carbocycles. The molecule has 0 fully saturated rings. The summed E-state index contributed by atoms with van der Waals surface area (Å²) >= 11 is 6.72. The third kappa shape index (κ3) is 4.66. The van der Waals surface area contributed by atoms with Crippen molar-refractivity contribution in [2.24, 2.45) is 5.10 Å². The third-order valence-electron chi connectivity index (χ3n) is 2.60. The Bertz CT molecular complexity index is 752. The molecule has 0 heterocycles. The van der Waals surface area contributed by atoms with E-state index in [1.54, 1.807) is 24.3 Å². The number of rotatable bonds is 4. The van der Waals surface area contributed by atoms with E-state index in [9.17, 15) is 8.42 Å². The molecule has 0 bridgehead atoms. The highest BCUT2D eigenvalue weighted by Gasteiger charge is 2.11. The number of hydrogen-bond acceptors (Lipinski definition) is 3. The highest BCUT2D eigenvalue weighted by atomic mass is 79.9. The molecule has 21 heavy (non-hydrogen) atoms. The van der Waals surface area contributed by atoms with Crippen LogP contribution >= 0.6 is 31.9 Å². The van der Waals surface area contributed by atoms with Crippen LogP contribution in [0.2, 0.25) is 0 Å². The summed E-state index contributed by atoms with van der Waals surface area (Å²) in [6.45, 7) is 1.90. The summed E-state index contributed by atoms with van der Waals surface area (Å²) in [6.07, 6.45) is 1.45. The molecule has 0 unspecified atom stereocenters. The highest BCUT2D eigenvalue weighted by molar-refractivity contribution is 9.11. The minimum Gasteiger partial charge on any atom is -0.200 e. The van der Waals surface area contributed by atoms with E-state index in [0.29, 0.717) is 0 Å². The second kappa shape index (κ2) is 6.72. The zero-order chi connectivity index (χ0) is 15.5. The van der Waals surface area contributed by atoms with E-state index in [1.165, 1.54) is 6.21 Å². The van der Waals surface area contributed by atoms with Crippen molar-refractivity contribution < 1.29 is 8.42 Å². The lowest BCUT2D eigenvalue weighted by Gasteiger charge is -2.03. The summed E-state index contributed by atoms with van der Waals surface area (Å²) in [5.74, 6) is 0. The molecule has 4 nitrogen and oxygen atoms in total. The zero-order valence-electron chi connectivity index (χ0n) is 11.0. The Balaban J connectivity index is 2.14. The van der Waals surface area contributed by atoms with Crippen molar-refractivity contribution in [3.05, 3.63) is 62.5 Å². The van der Waals surface area contributed by atoms with Gasteiger partial charge in [0.15, 0.2) is 0 Å². The maximum atomic E-state index is 12.0. The molecule has 110 valence electrons. The van der Waals surface area contributed by atoms with Crippen molar-refractivity contribution in [2.75, 3.05) is 0 Å². The van der Waals surface area contributed by atoms with Gasteiger partial charge in [0.05, 0.1) is 11.1 Å². The standard InChI is InChI=1S/C14H12Br2N2O2S/c1-10-2-4-14(5-3-10)21(19,20)18-17-9-11-6-12(15)8-13(16)7-11/h2-9,18H,1H3. The third-order valence-corrected chi connectivity index (χ3v) is 4.76. The van der Waals surface area contributed by atoms with E-state index in [0.717, 1.165) is 20.1 Å². The van der Waals surface area contributed by atoms with Gasteiger partial charge in [0, 0.05) is 8.95 Å². The van der Waals surface area contributed by atoms with Crippen molar-refractivity contribution >= 4 is 48.1 Å². The van der Waals surface area contributed by atoms with Gasteiger partial charge in [-0.1, -0.05) is 49.6 Å². The van der Waals surface area contributed by atoms with Crippen LogP contribution in [-0.2, 0) is 10.0 Å². The smallest absolute Gasteiger partial charge is 0.200 e. The quantitative estimate of drug-likeness (QED) is 0.590.